The van der Waals surface area contributed by atoms with Crippen LogP contribution in [0, 0.1) is 5.92 Å². The van der Waals surface area contributed by atoms with Gasteiger partial charge in [0.25, 0.3) is 0 Å². The van der Waals surface area contributed by atoms with E-state index in [-0.39, 0.29) is 11.9 Å². The highest BCUT2D eigenvalue weighted by atomic mass is 16.5. The van der Waals surface area contributed by atoms with Gasteiger partial charge in [-0.15, -0.1) is 0 Å². The SMILES string of the molecule is COc1ccc(CN(C)CC2CC(O)C2)cc1C(N)=NO. The van der Waals surface area contributed by atoms with Gasteiger partial charge in [-0.05, 0) is 43.5 Å². The van der Waals surface area contributed by atoms with Crippen molar-refractivity contribution in [2.24, 2.45) is 16.8 Å². The van der Waals surface area contributed by atoms with Gasteiger partial charge in [0.2, 0.25) is 0 Å². The Hall–Kier alpha value is -1.79. The summed E-state index contributed by atoms with van der Waals surface area (Å²) in [5, 5.41) is 21.2. The molecular formula is C15H23N3O3. The van der Waals surface area contributed by atoms with E-state index in [1.807, 2.05) is 18.2 Å². The normalized spacial score (nSPS) is 22.2. The molecule has 0 aliphatic heterocycles. The molecule has 1 fully saturated rings. The summed E-state index contributed by atoms with van der Waals surface area (Å²) in [5.74, 6) is 1.20. The van der Waals surface area contributed by atoms with Crippen molar-refractivity contribution in [2.45, 2.75) is 25.5 Å². The fourth-order valence-corrected chi connectivity index (χ4v) is 2.77. The molecule has 0 spiro atoms. The zero-order valence-corrected chi connectivity index (χ0v) is 12.5. The molecule has 0 atom stereocenters. The first kappa shape index (κ1) is 15.6. The Morgan fingerprint density at radius 2 is 2.19 bits per heavy atom. The van der Waals surface area contributed by atoms with Crippen molar-refractivity contribution in [1.82, 2.24) is 4.90 Å². The number of amidine groups is 1. The number of hydrogen-bond acceptors (Lipinski definition) is 5. The van der Waals surface area contributed by atoms with Gasteiger partial charge in [0, 0.05) is 13.1 Å². The van der Waals surface area contributed by atoms with Crippen LogP contribution in [0.25, 0.3) is 0 Å². The number of oxime groups is 1. The van der Waals surface area contributed by atoms with Crippen molar-refractivity contribution < 1.29 is 15.1 Å². The van der Waals surface area contributed by atoms with Gasteiger partial charge in [-0.3, -0.25) is 0 Å². The maximum Gasteiger partial charge on any atom is 0.173 e. The largest absolute Gasteiger partial charge is 0.496 e. The van der Waals surface area contributed by atoms with Crippen molar-refractivity contribution in [2.75, 3.05) is 20.7 Å². The molecule has 2 rings (SSSR count). The maximum atomic E-state index is 9.32. The lowest BCUT2D eigenvalue weighted by atomic mass is 9.82. The van der Waals surface area contributed by atoms with E-state index in [9.17, 15) is 5.11 Å². The molecule has 0 radical (unpaired) electrons. The second kappa shape index (κ2) is 6.78. The van der Waals surface area contributed by atoms with Crippen molar-refractivity contribution in [3.05, 3.63) is 29.3 Å². The summed E-state index contributed by atoms with van der Waals surface area (Å²) in [6.45, 7) is 1.73. The molecule has 1 aliphatic carbocycles. The molecule has 21 heavy (non-hydrogen) atoms. The molecule has 0 aromatic heterocycles. The number of nitrogens with zero attached hydrogens (tertiary/aromatic N) is 2. The molecule has 0 unspecified atom stereocenters. The van der Waals surface area contributed by atoms with Crippen LogP contribution in [0.15, 0.2) is 23.4 Å². The number of methoxy groups -OCH3 is 1. The molecule has 1 saturated carbocycles. The van der Waals surface area contributed by atoms with Gasteiger partial charge in [-0.2, -0.15) is 0 Å². The Morgan fingerprint density at radius 1 is 1.48 bits per heavy atom. The second-order valence-electron chi connectivity index (χ2n) is 5.71. The van der Waals surface area contributed by atoms with Crippen LogP contribution < -0.4 is 10.5 Å². The highest BCUT2D eigenvalue weighted by Gasteiger charge is 2.27. The lowest BCUT2D eigenvalue weighted by Gasteiger charge is -2.34. The Labute approximate surface area is 124 Å². The molecule has 6 nitrogen and oxygen atoms in total. The van der Waals surface area contributed by atoms with Gasteiger partial charge in [0.1, 0.15) is 5.75 Å². The zero-order chi connectivity index (χ0) is 15.4. The van der Waals surface area contributed by atoms with Crippen LogP contribution in [0.2, 0.25) is 0 Å². The summed E-state index contributed by atoms with van der Waals surface area (Å²) < 4.78 is 5.22. The van der Waals surface area contributed by atoms with Crippen LogP contribution in [0.1, 0.15) is 24.0 Å². The lowest BCUT2D eigenvalue weighted by molar-refractivity contribution is 0.0274. The minimum absolute atomic E-state index is 0.0402. The van der Waals surface area contributed by atoms with E-state index >= 15 is 0 Å². The fraction of sp³-hybridized carbons (Fsp3) is 0.533. The van der Waals surface area contributed by atoms with Crippen molar-refractivity contribution in [3.63, 3.8) is 0 Å². The number of rotatable bonds is 6. The van der Waals surface area contributed by atoms with Crippen molar-refractivity contribution in [3.8, 4) is 5.75 Å². The number of aliphatic hydroxyl groups excluding tert-OH is 1. The predicted octanol–water partition coefficient (Wildman–Crippen LogP) is 0.992. The van der Waals surface area contributed by atoms with Gasteiger partial charge in [0.15, 0.2) is 5.84 Å². The quantitative estimate of drug-likeness (QED) is 0.315. The monoisotopic (exact) mass is 293 g/mol. The standard InChI is InChI=1S/C15H23N3O3/c1-18(9-11-5-12(19)6-11)8-10-3-4-14(21-2)13(7-10)15(16)17-20/h3-4,7,11-12,19-20H,5-6,8-9H2,1-2H3,(H2,16,17). The molecule has 0 amide bonds. The van der Waals surface area contributed by atoms with E-state index in [1.165, 1.54) is 0 Å². The lowest BCUT2D eigenvalue weighted by Crippen LogP contribution is -2.36. The van der Waals surface area contributed by atoms with E-state index < -0.39 is 0 Å². The number of ether oxygens (including phenoxy) is 1. The zero-order valence-electron chi connectivity index (χ0n) is 12.5. The third-order valence-electron chi connectivity index (χ3n) is 3.88. The second-order valence-corrected chi connectivity index (χ2v) is 5.71. The molecule has 0 saturated heterocycles. The van der Waals surface area contributed by atoms with Crippen molar-refractivity contribution in [1.29, 1.82) is 0 Å². The summed E-state index contributed by atoms with van der Waals surface area (Å²) in [7, 11) is 3.61. The number of nitrogens with two attached hydrogens (primary N) is 1. The maximum absolute atomic E-state index is 9.32. The summed E-state index contributed by atoms with van der Waals surface area (Å²) in [4.78, 5) is 2.22. The van der Waals surface area contributed by atoms with E-state index in [0.29, 0.717) is 17.2 Å². The van der Waals surface area contributed by atoms with Crippen LogP contribution >= 0.6 is 0 Å². The highest BCUT2D eigenvalue weighted by molar-refractivity contribution is 5.99. The van der Waals surface area contributed by atoms with Crippen LogP contribution in [0.5, 0.6) is 5.75 Å². The van der Waals surface area contributed by atoms with E-state index in [4.69, 9.17) is 15.7 Å². The molecular weight excluding hydrogens is 270 g/mol. The molecule has 6 heteroatoms. The molecule has 0 heterocycles. The Morgan fingerprint density at radius 3 is 2.76 bits per heavy atom. The minimum Gasteiger partial charge on any atom is -0.496 e. The summed E-state index contributed by atoms with van der Waals surface area (Å²) in [6, 6.07) is 5.67. The first-order valence-electron chi connectivity index (χ1n) is 7.05. The molecule has 1 aromatic carbocycles. The third kappa shape index (κ3) is 3.86. The topological polar surface area (TPSA) is 91.3 Å². The predicted molar refractivity (Wildman–Crippen MR) is 80.6 cm³/mol. The van der Waals surface area contributed by atoms with Crippen LogP contribution in [0.3, 0.4) is 0 Å². The molecule has 116 valence electrons. The molecule has 4 N–H and O–H groups in total. The molecule has 1 aromatic rings. The molecule has 1 aliphatic rings. The van der Waals surface area contributed by atoms with Crippen LogP contribution in [0.4, 0.5) is 0 Å². The fourth-order valence-electron chi connectivity index (χ4n) is 2.77. The van der Waals surface area contributed by atoms with Crippen LogP contribution in [-0.2, 0) is 6.54 Å². The van der Waals surface area contributed by atoms with E-state index in [0.717, 1.165) is 31.5 Å². The Kier molecular flexibility index (Phi) is 5.03. The van der Waals surface area contributed by atoms with Gasteiger partial charge in [-0.1, -0.05) is 11.2 Å². The number of aliphatic hydroxyl groups is 1. The summed E-state index contributed by atoms with van der Waals surface area (Å²) in [6.07, 6.45) is 1.67. The van der Waals surface area contributed by atoms with Gasteiger partial charge in [-0.25, -0.2) is 0 Å². The van der Waals surface area contributed by atoms with E-state index in [1.54, 1.807) is 7.11 Å². The smallest absolute Gasteiger partial charge is 0.173 e. The first-order chi connectivity index (χ1) is 10.0. The van der Waals surface area contributed by atoms with E-state index in [2.05, 4.69) is 17.1 Å². The molecule has 0 bridgehead atoms. The summed E-state index contributed by atoms with van der Waals surface area (Å²) >= 11 is 0. The number of benzene rings is 1. The average Bonchev–Trinajstić information content (AvgIpc) is 2.44. The average molecular weight is 293 g/mol. The highest BCUT2D eigenvalue weighted by Crippen LogP contribution is 2.28. The Bertz CT molecular complexity index is 513. The first-order valence-corrected chi connectivity index (χ1v) is 7.05. The van der Waals surface area contributed by atoms with Gasteiger partial charge >= 0.3 is 0 Å². The Balaban J connectivity index is 2.02. The minimum atomic E-state index is -0.114. The summed E-state index contributed by atoms with van der Waals surface area (Å²) in [5.41, 5.74) is 7.33. The van der Waals surface area contributed by atoms with Gasteiger partial charge in [0.05, 0.1) is 18.8 Å². The van der Waals surface area contributed by atoms with Crippen molar-refractivity contribution >= 4 is 5.84 Å². The number of hydrogen-bond donors (Lipinski definition) is 3. The third-order valence-corrected chi connectivity index (χ3v) is 3.88. The van der Waals surface area contributed by atoms with Gasteiger partial charge < -0.3 is 25.7 Å². The van der Waals surface area contributed by atoms with Crippen LogP contribution in [-0.4, -0.2) is 47.9 Å².